The third kappa shape index (κ3) is 4.14. The summed E-state index contributed by atoms with van der Waals surface area (Å²) in [7, 11) is 1.73. The first kappa shape index (κ1) is 14.7. The molecule has 1 aromatic heterocycles. The van der Waals surface area contributed by atoms with Crippen molar-refractivity contribution in [3.8, 4) is 5.75 Å². The van der Waals surface area contributed by atoms with E-state index in [1.165, 1.54) is 11.1 Å². The monoisotopic (exact) mass is 273 g/mol. The van der Waals surface area contributed by atoms with Gasteiger partial charge in [-0.1, -0.05) is 25.1 Å². The molecule has 0 aliphatic heterocycles. The van der Waals surface area contributed by atoms with E-state index >= 15 is 0 Å². The summed E-state index contributed by atoms with van der Waals surface area (Å²) in [5, 5.41) is 3.61. The normalized spacial score (nSPS) is 12.3. The number of furan rings is 1. The number of nitrogens with one attached hydrogen (secondary N) is 1. The second kappa shape index (κ2) is 7.75. The molecule has 1 unspecified atom stereocenters. The second-order valence-electron chi connectivity index (χ2n) is 5.00. The van der Waals surface area contributed by atoms with Crippen molar-refractivity contribution >= 4 is 0 Å². The van der Waals surface area contributed by atoms with Gasteiger partial charge in [0.2, 0.25) is 0 Å². The average Bonchev–Trinajstić information content (AvgIpc) is 2.98. The maximum Gasteiger partial charge on any atom is 0.122 e. The molecule has 2 aromatic rings. The fourth-order valence-corrected chi connectivity index (χ4v) is 2.40. The predicted octanol–water partition coefficient (Wildman–Crippen LogP) is 3.44. The summed E-state index contributed by atoms with van der Waals surface area (Å²) < 4.78 is 10.6. The summed E-state index contributed by atoms with van der Waals surface area (Å²) in [4.78, 5) is 0. The zero-order chi connectivity index (χ0) is 14.2. The lowest BCUT2D eigenvalue weighted by Gasteiger charge is -2.19. The van der Waals surface area contributed by atoms with Crippen LogP contribution in [0.2, 0.25) is 0 Å². The number of para-hydroxylation sites is 1. The van der Waals surface area contributed by atoms with Crippen LogP contribution in [0.15, 0.2) is 47.3 Å². The lowest BCUT2D eigenvalue weighted by atomic mass is 9.99. The van der Waals surface area contributed by atoms with E-state index in [1.54, 1.807) is 13.4 Å². The fourth-order valence-electron chi connectivity index (χ4n) is 2.40. The standard InChI is InChI=1S/C17H23NO2/c1-3-9-18-16(11-14-8-10-20-13-14)12-15-6-4-5-7-17(15)19-2/h4-8,10,13,16,18H,3,9,11-12H2,1-2H3. The molecule has 3 heteroatoms. The SMILES string of the molecule is CCCNC(Cc1ccoc1)Cc1ccccc1OC. The quantitative estimate of drug-likeness (QED) is 0.800. The number of hydrogen-bond donors (Lipinski definition) is 1. The molecule has 2 rings (SSSR count). The Bertz CT molecular complexity index is 493. The molecule has 0 radical (unpaired) electrons. The molecule has 0 amide bonds. The van der Waals surface area contributed by atoms with Crippen LogP contribution in [0.25, 0.3) is 0 Å². The minimum atomic E-state index is 0.392. The van der Waals surface area contributed by atoms with Gasteiger partial charge in [0.05, 0.1) is 19.6 Å². The van der Waals surface area contributed by atoms with Crippen LogP contribution in [-0.4, -0.2) is 19.7 Å². The van der Waals surface area contributed by atoms with Crippen LogP contribution in [0, 0.1) is 0 Å². The molecule has 0 saturated carbocycles. The van der Waals surface area contributed by atoms with Crippen LogP contribution >= 0.6 is 0 Å². The zero-order valence-electron chi connectivity index (χ0n) is 12.3. The molecule has 0 saturated heterocycles. The van der Waals surface area contributed by atoms with E-state index in [0.717, 1.165) is 31.6 Å². The van der Waals surface area contributed by atoms with E-state index < -0.39 is 0 Å². The first-order valence-corrected chi connectivity index (χ1v) is 7.19. The van der Waals surface area contributed by atoms with Crippen LogP contribution in [-0.2, 0) is 12.8 Å². The highest BCUT2D eigenvalue weighted by Crippen LogP contribution is 2.20. The summed E-state index contributed by atoms with van der Waals surface area (Å²) in [6.45, 7) is 3.21. The Morgan fingerprint density at radius 1 is 1.20 bits per heavy atom. The maximum absolute atomic E-state index is 5.44. The van der Waals surface area contributed by atoms with Gasteiger partial charge in [0.15, 0.2) is 0 Å². The molecule has 108 valence electrons. The highest BCUT2D eigenvalue weighted by molar-refractivity contribution is 5.34. The topological polar surface area (TPSA) is 34.4 Å². The summed E-state index contributed by atoms with van der Waals surface area (Å²) in [5.74, 6) is 0.961. The fraction of sp³-hybridized carbons (Fsp3) is 0.412. The van der Waals surface area contributed by atoms with Crippen molar-refractivity contribution in [3.63, 3.8) is 0 Å². The van der Waals surface area contributed by atoms with E-state index in [9.17, 15) is 0 Å². The van der Waals surface area contributed by atoms with Gasteiger partial charge in [-0.3, -0.25) is 0 Å². The van der Waals surface area contributed by atoms with Crippen molar-refractivity contribution in [2.75, 3.05) is 13.7 Å². The second-order valence-corrected chi connectivity index (χ2v) is 5.00. The van der Waals surface area contributed by atoms with Crippen LogP contribution < -0.4 is 10.1 Å². The predicted molar refractivity (Wildman–Crippen MR) is 81.2 cm³/mol. The average molecular weight is 273 g/mol. The first-order valence-electron chi connectivity index (χ1n) is 7.19. The number of rotatable bonds is 8. The van der Waals surface area contributed by atoms with Gasteiger partial charge >= 0.3 is 0 Å². The first-order chi connectivity index (χ1) is 9.83. The zero-order valence-corrected chi connectivity index (χ0v) is 12.3. The molecule has 0 spiro atoms. The van der Waals surface area contributed by atoms with Gasteiger partial charge in [0, 0.05) is 6.04 Å². The maximum atomic E-state index is 5.44. The number of ether oxygens (including phenoxy) is 1. The molecule has 1 atom stereocenters. The Kier molecular flexibility index (Phi) is 5.69. The Balaban J connectivity index is 2.06. The van der Waals surface area contributed by atoms with E-state index in [0.29, 0.717) is 6.04 Å². The lowest BCUT2D eigenvalue weighted by Crippen LogP contribution is -2.33. The van der Waals surface area contributed by atoms with Gasteiger partial charge < -0.3 is 14.5 Å². The molecule has 1 heterocycles. The minimum absolute atomic E-state index is 0.392. The van der Waals surface area contributed by atoms with E-state index in [-0.39, 0.29) is 0 Å². The summed E-state index contributed by atoms with van der Waals surface area (Å²) in [6.07, 6.45) is 6.61. The Morgan fingerprint density at radius 3 is 2.75 bits per heavy atom. The number of benzene rings is 1. The van der Waals surface area contributed by atoms with Gasteiger partial charge in [-0.25, -0.2) is 0 Å². The van der Waals surface area contributed by atoms with Crippen LogP contribution in [0.1, 0.15) is 24.5 Å². The molecular weight excluding hydrogens is 250 g/mol. The summed E-state index contributed by atoms with van der Waals surface area (Å²) >= 11 is 0. The molecule has 0 aliphatic rings. The molecule has 3 nitrogen and oxygen atoms in total. The van der Waals surface area contributed by atoms with Crippen molar-refractivity contribution in [2.45, 2.75) is 32.2 Å². The smallest absolute Gasteiger partial charge is 0.122 e. The van der Waals surface area contributed by atoms with Crippen molar-refractivity contribution in [2.24, 2.45) is 0 Å². The summed E-state index contributed by atoms with van der Waals surface area (Å²) in [5.41, 5.74) is 2.47. The van der Waals surface area contributed by atoms with Gasteiger partial charge in [-0.2, -0.15) is 0 Å². The van der Waals surface area contributed by atoms with Gasteiger partial charge in [-0.15, -0.1) is 0 Å². The Labute approximate surface area is 121 Å². The highest BCUT2D eigenvalue weighted by Gasteiger charge is 2.13. The van der Waals surface area contributed by atoms with E-state index in [2.05, 4.69) is 24.4 Å². The molecule has 0 aliphatic carbocycles. The molecule has 1 aromatic carbocycles. The van der Waals surface area contributed by atoms with E-state index in [1.807, 2.05) is 24.5 Å². The molecule has 1 N–H and O–H groups in total. The molecule has 0 bridgehead atoms. The highest BCUT2D eigenvalue weighted by atomic mass is 16.5. The van der Waals surface area contributed by atoms with Gasteiger partial charge in [-0.05, 0) is 49.1 Å². The number of methoxy groups -OCH3 is 1. The van der Waals surface area contributed by atoms with Gasteiger partial charge in [0.25, 0.3) is 0 Å². The third-order valence-corrected chi connectivity index (χ3v) is 3.40. The molecule has 20 heavy (non-hydrogen) atoms. The van der Waals surface area contributed by atoms with Crippen LogP contribution in [0.4, 0.5) is 0 Å². The van der Waals surface area contributed by atoms with Crippen LogP contribution in [0.5, 0.6) is 5.75 Å². The molecule has 0 fully saturated rings. The van der Waals surface area contributed by atoms with E-state index in [4.69, 9.17) is 9.15 Å². The van der Waals surface area contributed by atoms with Crippen LogP contribution in [0.3, 0.4) is 0 Å². The molecular formula is C17H23NO2. The minimum Gasteiger partial charge on any atom is -0.496 e. The van der Waals surface area contributed by atoms with Crippen molar-refractivity contribution in [3.05, 3.63) is 54.0 Å². The van der Waals surface area contributed by atoms with Crippen molar-refractivity contribution < 1.29 is 9.15 Å². The number of hydrogen-bond acceptors (Lipinski definition) is 3. The van der Waals surface area contributed by atoms with Crippen molar-refractivity contribution in [1.29, 1.82) is 0 Å². The Morgan fingerprint density at radius 2 is 2.05 bits per heavy atom. The lowest BCUT2D eigenvalue weighted by molar-refractivity contribution is 0.404. The summed E-state index contributed by atoms with van der Waals surface area (Å²) in [6, 6.07) is 10.6. The van der Waals surface area contributed by atoms with Crippen molar-refractivity contribution in [1.82, 2.24) is 5.32 Å². The third-order valence-electron chi connectivity index (χ3n) is 3.40. The largest absolute Gasteiger partial charge is 0.496 e. The Hall–Kier alpha value is -1.74. The van der Waals surface area contributed by atoms with Gasteiger partial charge in [0.1, 0.15) is 5.75 Å².